The van der Waals surface area contributed by atoms with Crippen molar-refractivity contribution in [2.24, 2.45) is 4.99 Å². The molecule has 0 heterocycles. The van der Waals surface area contributed by atoms with Gasteiger partial charge in [0.05, 0.1) is 0 Å². The number of nitrogens with one attached hydrogen (secondary N) is 2. The van der Waals surface area contributed by atoms with Crippen LogP contribution in [0.1, 0.15) is 44.1 Å². The fraction of sp³-hybridized carbons (Fsp3) is 0.565. The molecule has 1 fully saturated rings. The summed E-state index contributed by atoms with van der Waals surface area (Å²) in [5, 5.41) is 6.34. The Balaban J connectivity index is 0.00000450. The van der Waals surface area contributed by atoms with Crippen LogP contribution in [0.2, 0.25) is 0 Å². The minimum absolute atomic E-state index is 0. The van der Waals surface area contributed by atoms with Gasteiger partial charge < -0.3 is 20.3 Å². The quantitative estimate of drug-likeness (QED) is 0.135. The number of benzene rings is 1. The Bertz CT molecular complexity index is 660. The van der Waals surface area contributed by atoms with E-state index in [2.05, 4.69) is 34.2 Å². The number of hydrogen-bond acceptors (Lipinski definition) is 3. The summed E-state index contributed by atoms with van der Waals surface area (Å²) in [6.45, 7) is 5.65. The zero-order valence-corrected chi connectivity index (χ0v) is 20.7. The molecule has 30 heavy (non-hydrogen) atoms. The van der Waals surface area contributed by atoms with Crippen LogP contribution in [0, 0.1) is 0 Å². The maximum atomic E-state index is 11.7. The van der Waals surface area contributed by atoms with Crippen LogP contribution in [0.4, 0.5) is 0 Å². The predicted octanol–water partition coefficient (Wildman–Crippen LogP) is 3.76. The Morgan fingerprint density at radius 2 is 2.00 bits per heavy atom. The van der Waals surface area contributed by atoms with Gasteiger partial charge in [0, 0.05) is 33.2 Å². The van der Waals surface area contributed by atoms with Gasteiger partial charge in [-0.15, -0.1) is 30.6 Å². The number of unbranched alkanes of at least 4 members (excludes halogenated alkanes) is 3. The van der Waals surface area contributed by atoms with Gasteiger partial charge >= 0.3 is 0 Å². The Hall–Kier alpha value is -1.77. The number of carbonyl (C=O) groups is 1. The summed E-state index contributed by atoms with van der Waals surface area (Å²) in [7, 11) is 3.90. The van der Waals surface area contributed by atoms with Crippen LogP contribution in [0.5, 0.6) is 5.75 Å². The summed E-state index contributed by atoms with van der Waals surface area (Å²) in [4.78, 5) is 18.2. The average molecular weight is 528 g/mol. The molecule has 1 aromatic carbocycles. The first-order valence-corrected chi connectivity index (χ1v) is 10.7. The minimum Gasteiger partial charge on any atom is -0.484 e. The molecule has 0 aromatic heterocycles. The van der Waals surface area contributed by atoms with Gasteiger partial charge in [0.1, 0.15) is 5.75 Å². The van der Waals surface area contributed by atoms with Crippen molar-refractivity contribution < 1.29 is 9.53 Å². The second-order valence-corrected chi connectivity index (χ2v) is 7.56. The lowest BCUT2D eigenvalue weighted by atomic mass is 10.1. The van der Waals surface area contributed by atoms with Crippen molar-refractivity contribution in [3.8, 4) is 5.75 Å². The van der Waals surface area contributed by atoms with E-state index in [-0.39, 0.29) is 36.5 Å². The Labute approximate surface area is 198 Å². The van der Waals surface area contributed by atoms with Crippen LogP contribution in [0.15, 0.2) is 41.9 Å². The van der Waals surface area contributed by atoms with E-state index in [1.54, 1.807) is 0 Å². The third kappa shape index (κ3) is 10.8. The van der Waals surface area contributed by atoms with Gasteiger partial charge in [-0.05, 0) is 56.2 Å². The van der Waals surface area contributed by atoms with Crippen molar-refractivity contribution in [2.45, 2.75) is 51.0 Å². The van der Waals surface area contributed by atoms with E-state index in [1.165, 1.54) is 18.4 Å². The van der Waals surface area contributed by atoms with Crippen molar-refractivity contribution in [2.75, 3.05) is 33.8 Å². The molecule has 1 aliphatic rings. The highest BCUT2D eigenvalue weighted by Gasteiger charge is 2.23. The number of hydrogen-bond donors (Lipinski definition) is 2. The van der Waals surface area contributed by atoms with Crippen molar-refractivity contribution in [3.05, 3.63) is 42.5 Å². The highest BCUT2D eigenvalue weighted by Crippen LogP contribution is 2.18. The fourth-order valence-corrected chi connectivity index (χ4v) is 3.02. The molecule has 0 unspecified atom stereocenters. The zero-order valence-electron chi connectivity index (χ0n) is 18.4. The summed E-state index contributed by atoms with van der Waals surface area (Å²) >= 11 is 0. The van der Waals surface area contributed by atoms with Gasteiger partial charge in [0.15, 0.2) is 12.6 Å². The average Bonchev–Trinajstić information content (AvgIpc) is 3.54. The number of halogens is 1. The normalized spacial score (nSPS) is 13.2. The first-order valence-electron chi connectivity index (χ1n) is 10.7. The molecule has 0 atom stereocenters. The van der Waals surface area contributed by atoms with Crippen molar-refractivity contribution in [1.29, 1.82) is 0 Å². The van der Waals surface area contributed by atoms with Crippen LogP contribution in [-0.4, -0.2) is 56.6 Å². The van der Waals surface area contributed by atoms with Crippen LogP contribution in [-0.2, 0) is 11.2 Å². The van der Waals surface area contributed by atoms with E-state index >= 15 is 0 Å². The van der Waals surface area contributed by atoms with Gasteiger partial charge in [0.2, 0.25) is 0 Å². The molecule has 1 amide bonds. The van der Waals surface area contributed by atoms with Crippen molar-refractivity contribution in [1.82, 2.24) is 15.5 Å². The number of ether oxygens (including phenoxy) is 1. The topological polar surface area (TPSA) is 66.0 Å². The molecule has 6 nitrogen and oxygen atoms in total. The van der Waals surface area contributed by atoms with Crippen molar-refractivity contribution in [3.63, 3.8) is 0 Å². The molecule has 2 N–H and O–H groups in total. The van der Waals surface area contributed by atoms with Crippen LogP contribution >= 0.6 is 24.0 Å². The van der Waals surface area contributed by atoms with Gasteiger partial charge in [0.25, 0.3) is 5.91 Å². The standard InChI is InChI=1S/C23H36N4O2.HI/c1-4-5-6-7-8-17-27(3)23(24-2)25-16-15-19-9-13-21(14-10-19)29-18-22(28)26-20-11-12-20;/h4,9-10,13-14,20H,1,5-8,11-12,15-18H2,2-3H3,(H,24,25)(H,26,28);1H. The molecule has 0 spiro atoms. The number of guanidine groups is 1. The highest BCUT2D eigenvalue weighted by molar-refractivity contribution is 14.0. The molecule has 0 radical (unpaired) electrons. The Kier molecular flexibility index (Phi) is 13.2. The molecule has 168 valence electrons. The molecule has 2 rings (SSSR count). The van der Waals surface area contributed by atoms with E-state index < -0.39 is 0 Å². The van der Waals surface area contributed by atoms with E-state index in [0.717, 1.165) is 56.9 Å². The van der Waals surface area contributed by atoms with Gasteiger partial charge in [-0.3, -0.25) is 9.79 Å². The van der Waals surface area contributed by atoms with E-state index in [4.69, 9.17) is 4.74 Å². The molecule has 0 bridgehead atoms. The van der Waals surface area contributed by atoms with Crippen LogP contribution in [0.3, 0.4) is 0 Å². The maximum Gasteiger partial charge on any atom is 0.258 e. The molecular weight excluding hydrogens is 491 g/mol. The second kappa shape index (κ2) is 15.1. The monoisotopic (exact) mass is 528 g/mol. The molecule has 0 aliphatic heterocycles. The lowest BCUT2D eigenvalue weighted by Gasteiger charge is -2.22. The van der Waals surface area contributed by atoms with Crippen molar-refractivity contribution >= 4 is 35.8 Å². The second-order valence-electron chi connectivity index (χ2n) is 7.56. The Morgan fingerprint density at radius 3 is 2.63 bits per heavy atom. The number of rotatable bonds is 13. The van der Waals surface area contributed by atoms with E-state index in [0.29, 0.717) is 6.04 Å². The van der Waals surface area contributed by atoms with E-state index in [9.17, 15) is 4.79 Å². The molecular formula is C23H37IN4O2. The fourth-order valence-electron chi connectivity index (χ4n) is 3.02. The third-order valence-corrected chi connectivity index (χ3v) is 4.91. The molecule has 1 saturated carbocycles. The first kappa shape index (κ1) is 26.3. The number of aliphatic imine (C=N–C) groups is 1. The molecule has 1 aromatic rings. The number of nitrogens with zero attached hydrogens (tertiary/aromatic N) is 2. The molecule has 1 aliphatic carbocycles. The SMILES string of the molecule is C=CCCCCCN(C)C(=NC)NCCc1ccc(OCC(=O)NC2CC2)cc1.I. The highest BCUT2D eigenvalue weighted by atomic mass is 127. The smallest absolute Gasteiger partial charge is 0.258 e. The molecule has 0 saturated heterocycles. The lowest BCUT2D eigenvalue weighted by Crippen LogP contribution is -2.40. The number of allylic oxidation sites excluding steroid dienone is 1. The summed E-state index contributed by atoms with van der Waals surface area (Å²) in [5.41, 5.74) is 1.22. The molecule has 7 heteroatoms. The lowest BCUT2D eigenvalue weighted by molar-refractivity contribution is -0.123. The van der Waals surface area contributed by atoms with Gasteiger partial charge in [-0.25, -0.2) is 0 Å². The number of carbonyl (C=O) groups excluding carboxylic acids is 1. The summed E-state index contributed by atoms with van der Waals surface area (Å²) < 4.78 is 5.55. The van der Waals surface area contributed by atoms with Gasteiger partial charge in [-0.2, -0.15) is 0 Å². The van der Waals surface area contributed by atoms with E-state index in [1.807, 2.05) is 37.4 Å². The van der Waals surface area contributed by atoms with Crippen LogP contribution in [0.25, 0.3) is 0 Å². The predicted molar refractivity (Wildman–Crippen MR) is 135 cm³/mol. The van der Waals surface area contributed by atoms with Crippen LogP contribution < -0.4 is 15.4 Å². The summed E-state index contributed by atoms with van der Waals surface area (Å²) in [6, 6.07) is 8.30. The maximum absolute atomic E-state index is 11.7. The van der Waals surface area contributed by atoms with Gasteiger partial charge in [-0.1, -0.05) is 24.6 Å². The first-order chi connectivity index (χ1) is 14.1. The summed E-state index contributed by atoms with van der Waals surface area (Å²) in [5.74, 6) is 1.60. The Morgan fingerprint density at radius 1 is 1.27 bits per heavy atom. The number of amides is 1. The third-order valence-electron chi connectivity index (χ3n) is 4.91. The zero-order chi connectivity index (χ0) is 20.9. The minimum atomic E-state index is -0.0445. The largest absolute Gasteiger partial charge is 0.484 e. The summed E-state index contributed by atoms with van der Waals surface area (Å²) in [6.07, 6.45) is 9.72.